The van der Waals surface area contributed by atoms with Crippen molar-refractivity contribution in [3.8, 4) is 11.5 Å². The monoisotopic (exact) mass is 569 g/mol. The van der Waals surface area contributed by atoms with E-state index in [1.54, 1.807) is 49.5 Å². The number of anilines is 1. The van der Waals surface area contributed by atoms with Crippen molar-refractivity contribution in [2.45, 2.75) is 6.04 Å². The van der Waals surface area contributed by atoms with Crippen LogP contribution in [0.5, 0.6) is 11.5 Å². The third-order valence-electron chi connectivity index (χ3n) is 5.64. The SMILES string of the molecule is COc1ccc(C2c3c(oc4ccc(Br)cc4c3=O)C(=O)N2c2cccc(Br)c2)cc1OC. The zero-order chi connectivity index (χ0) is 23.3. The maximum atomic E-state index is 13.7. The van der Waals surface area contributed by atoms with Gasteiger partial charge < -0.3 is 13.9 Å². The van der Waals surface area contributed by atoms with E-state index in [4.69, 9.17) is 13.9 Å². The lowest BCUT2D eigenvalue weighted by molar-refractivity contribution is 0.0971. The molecule has 1 amide bonds. The molecule has 0 spiro atoms. The number of hydrogen-bond donors (Lipinski definition) is 0. The highest BCUT2D eigenvalue weighted by Gasteiger charge is 2.44. The second-order valence-electron chi connectivity index (χ2n) is 7.49. The van der Waals surface area contributed by atoms with E-state index < -0.39 is 6.04 Å². The molecule has 0 radical (unpaired) electrons. The first-order valence-corrected chi connectivity index (χ1v) is 11.6. The molecule has 1 aliphatic rings. The maximum absolute atomic E-state index is 13.7. The van der Waals surface area contributed by atoms with Crippen LogP contribution in [0.4, 0.5) is 5.69 Å². The molecule has 1 aromatic heterocycles. The van der Waals surface area contributed by atoms with Crippen molar-refractivity contribution in [1.82, 2.24) is 0 Å². The summed E-state index contributed by atoms with van der Waals surface area (Å²) in [6.45, 7) is 0. The van der Waals surface area contributed by atoms with Crippen molar-refractivity contribution < 1.29 is 18.7 Å². The van der Waals surface area contributed by atoms with E-state index in [0.717, 1.165) is 8.95 Å². The topological polar surface area (TPSA) is 69.0 Å². The number of hydrogen-bond acceptors (Lipinski definition) is 5. The fourth-order valence-corrected chi connectivity index (χ4v) is 4.92. The Balaban J connectivity index is 1.82. The molecule has 0 bridgehead atoms. The molecule has 5 rings (SSSR count). The zero-order valence-corrected chi connectivity index (χ0v) is 20.8. The molecule has 8 heteroatoms. The first-order chi connectivity index (χ1) is 15.9. The van der Waals surface area contributed by atoms with Crippen molar-refractivity contribution >= 4 is 54.4 Å². The number of nitrogens with zero attached hydrogens (tertiary/aromatic N) is 1. The molecular weight excluding hydrogens is 554 g/mol. The van der Waals surface area contributed by atoms with E-state index in [2.05, 4.69) is 31.9 Å². The van der Waals surface area contributed by atoms with Gasteiger partial charge in [-0.2, -0.15) is 0 Å². The Morgan fingerprint density at radius 3 is 2.36 bits per heavy atom. The smallest absolute Gasteiger partial charge is 0.295 e. The highest BCUT2D eigenvalue weighted by atomic mass is 79.9. The van der Waals surface area contributed by atoms with E-state index in [0.29, 0.717) is 33.7 Å². The van der Waals surface area contributed by atoms with Crippen LogP contribution in [0.1, 0.15) is 27.7 Å². The van der Waals surface area contributed by atoms with E-state index in [1.807, 2.05) is 30.3 Å². The minimum Gasteiger partial charge on any atom is -0.493 e. The Labute approximate surface area is 206 Å². The first-order valence-electron chi connectivity index (χ1n) is 10.00. The molecule has 33 heavy (non-hydrogen) atoms. The van der Waals surface area contributed by atoms with Crippen LogP contribution in [-0.4, -0.2) is 20.1 Å². The second kappa shape index (κ2) is 8.35. The number of benzene rings is 3. The fraction of sp³-hybridized carbons (Fsp3) is 0.120. The summed E-state index contributed by atoms with van der Waals surface area (Å²) in [7, 11) is 3.10. The van der Waals surface area contributed by atoms with E-state index in [1.165, 1.54) is 0 Å². The van der Waals surface area contributed by atoms with Crippen molar-refractivity contribution in [2.24, 2.45) is 0 Å². The highest BCUT2D eigenvalue weighted by molar-refractivity contribution is 9.10. The second-order valence-corrected chi connectivity index (χ2v) is 9.32. The molecule has 2 heterocycles. The third-order valence-corrected chi connectivity index (χ3v) is 6.63. The molecule has 0 saturated carbocycles. The van der Waals surface area contributed by atoms with E-state index in [-0.39, 0.29) is 22.7 Å². The first kappa shape index (κ1) is 21.7. The zero-order valence-electron chi connectivity index (χ0n) is 17.6. The van der Waals surface area contributed by atoms with Crippen LogP contribution in [0.25, 0.3) is 11.0 Å². The van der Waals surface area contributed by atoms with Gasteiger partial charge in [-0.15, -0.1) is 0 Å². The summed E-state index contributed by atoms with van der Waals surface area (Å²) in [5.74, 6) is 0.701. The standard InChI is InChI=1S/C25H17Br2NO5/c1-31-19-8-6-13(10-20(19)32-2)22-21-23(29)17-12-15(27)7-9-18(17)33-24(21)25(30)28(22)16-5-3-4-14(26)11-16/h3-12,22H,1-2H3. The van der Waals surface area contributed by atoms with Crippen LogP contribution in [0.2, 0.25) is 0 Å². The molecule has 6 nitrogen and oxygen atoms in total. The number of amides is 1. The summed E-state index contributed by atoms with van der Waals surface area (Å²) in [5.41, 5.74) is 1.72. The number of ether oxygens (including phenoxy) is 2. The normalized spacial score (nSPS) is 15.1. The largest absolute Gasteiger partial charge is 0.493 e. The molecule has 0 saturated heterocycles. The highest BCUT2D eigenvalue weighted by Crippen LogP contribution is 2.43. The van der Waals surface area contributed by atoms with Crippen LogP contribution in [0.15, 0.2) is 78.8 Å². The Hall–Kier alpha value is -3.10. The summed E-state index contributed by atoms with van der Waals surface area (Å²) < 4.78 is 18.4. The Morgan fingerprint density at radius 1 is 0.879 bits per heavy atom. The van der Waals surface area contributed by atoms with Crippen LogP contribution in [0.3, 0.4) is 0 Å². The van der Waals surface area contributed by atoms with Crippen LogP contribution in [-0.2, 0) is 0 Å². The number of rotatable bonds is 4. The number of halogens is 2. The number of methoxy groups -OCH3 is 2. The molecule has 3 aromatic carbocycles. The Morgan fingerprint density at radius 2 is 1.64 bits per heavy atom. The molecule has 0 aliphatic carbocycles. The average molecular weight is 571 g/mol. The predicted octanol–water partition coefficient (Wildman–Crippen LogP) is 6.09. The molecule has 1 atom stereocenters. The van der Waals surface area contributed by atoms with E-state index in [9.17, 15) is 9.59 Å². The summed E-state index contributed by atoms with van der Waals surface area (Å²) in [4.78, 5) is 28.9. The molecule has 166 valence electrons. The number of carbonyl (C=O) groups excluding carboxylic acids is 1. The summed E-state index contributed by atoms with van der Waals surface area (Å²) in [6, 6.07) is 17.2. The van der Waals surface area contributed by atoms with Gasteiger partial charge in [0.1, 0.15) is 5.58 Å². The van der Waals surface area contributed by atoms with Gasteiger partial charge in [0, 0.05) is 14.6 Å². The summed E-state index contributed by atoms with van der Waals surface area (Å²) in [5, 5.41) is 0.400. The lowest BCUT2D eigenvalue weighted by atomic mass is 9.97. The van der Waals surface area contributed by atoms with Crippen LogP contribution < -0.4 is 19.8 Å². The van der Waals surface area contributed by atoms with Gasteiger partial charge in [-0.3, -0.25) is 14.5 Å². The minimum atomic E-state index is -0.707. The van der Waals surface area contributed by atoms with Gasteiger partial charge in [-0.25, -0.2) is 0 Å². The van der Waals surface area contributed by atoms with Gasteiger partial charge in [0.05, 0.1) is 31.2 Å². The van der Waals surface area contributed by atoms with Gasteiger partial charge >= 0.3 is 0 Å². The average Bonchev–Trinajstić information content (AvgIpc) is 3.11. The fourth-order valence-electron chi connectivity index (χ4n) is 4.18. The third kappa shape index (κ3) is 3.54. The van der Waals surface area contributed by atoms with Crippen molar-refractivity contribution in [3.05, 3.63) is 96.7 Å². The molecular formula is C25H17Br2NO5. The number of carbonyl (C=O) groups is 1. The van der Waals surface area contributed by atoms with Crippen molar-refractivity contribution in [1.29, 1.82) is 0 Å². The van der Waals surface area contributed by atoms with Gasteiger partial charge in [-0.05, 0) is 54.1 Å². The minimum absolute atomic E-state index is 0.0367. The van der Waals surface area contributed by atoms with Gasteiger partial charge in [0.15, 0.2) is 16.9 Å². The lowest BCUT2D eigenvalue weighted by Crippen LogP contribution is -2.29. The molecule has 0 N–H and O–H groups in total. The molecule has 4 aromatic rings. The Kier molecular flexibility index (Phi) is 5.50. The Bertz CT molecular complexity index is 1480. The summed E-state index contributed by atoms with van der Waals surface area (Å²) >= 11 is 6.89. The van der Waals surface area contributed by atoms with Crippen LogP contribution >= 0.6 is 31.9 Å². The van der Waals surface area contributed by atoms with E-state index >= 15 is 0 Å². The van der Waals surface area contributed by atoms with Gasteiger partial charge in [-0.1, -0.05) is 44.0 Å². The van der Waals surface area contributed by atoms with Crippen molar-refractivity contribution in [2.75, 3.05) is 19.1 Å². The lowest BCUT2D eigenvalue weighted by Gasteiger charge is -2.26. The van der Waals surface area contributed by atoms with Crippen molar-refractivity contribution in [3.63, 3.8) is 0 Å². The molecule has 0 fully saturated rings. The number of fused-ring (bicyclic) bond motifs is 2. The van der Waals surface area contributed by atoms with Gasteiger partial charge in [0.25, 0.3) is 5.91 Å². The predicted molar refractivity (Wildman–Crippen MR) is 133 cm³/mol. The molecule has 1 aliphatic heterocycles. The maximum Gasteiger partial charge on any atom is 0.295 e. The molecule has 1 unspecified atom stereocenters. The van der Waals surface area contributed by atoms with Crippen LogP contribution in [0, 0.1) is 0 Å². The van der Waals surface area contributed by atoms with Gasteiger partial charge in [0.2, 0.25) is 5.76 Å². The summed E-state index contributed by atoms with van der Waals surface area (Å²) in [6.07, 6.45) is 0. The quantitative estimate of drug-likeness (QED) is 0.297.